The highest BCUT2D eigenvalue weighted by Crippen LogP contribution is 2.12. The number of hydrogen-bond acceptors (Lipinski definition) is 0. The topological polar surface area (TPSA) is 0 Å². The van der Waals surface area contributed by atoms with Crippen molar-refractivity contribution in [3.8, 4) is 0 Å². The monoisotopic (exact) mass is 304 g/mol. The van der Waals surface area contributed by atoms with Gasteiger partial charge < -0.3 is 0 Å². The normalized spacial score (nSPS) is 9.33. The van der Waals surface area contributed by atoms with Crippen molar-refractivity contribution in [2.45, 2.75) is 79.6 Å². The summed E-state index contributed by atoms with van der Waals surface area (Å²) in [4.78, 5) is 0. The van der Waals surface area contributed by atoms with Gasteiger partial charge in [-0.3, -0.25) is 0 Å². The van der Waals surface area contributed by atoms with Crippen LogP contribution in [0.4, 0.5) is 13.2 Å². The molecular weight excluding hydrogens is 273 g/mol. The molecule has 0 saturated carbocycles. The lowest BCUT2D eigenvalue weighted by molar-refractivity contribution is 0.446. The maximum absolute atomic E-state index is 12.2. The first-order valence-corrected chi connectivity index (χ1v) is 8.14. The van der Waals surface area contributed by atoms with Crippen LogP contribution in [-0.2, 0) is 0 Å². The predicted octanol–water partition coefficient (Wildman–Crippen LogP) is 7.20. The van der Waals surface area contributed by atoms with E-state index in [0.717, 1.165) is 12.1 Å². The van der Waals surface area contributed by atoms with Crippen LogP contribution in [0.5, 0.6) is 0 Å². The third-order valence-corrected chi connectivity index (χ3v) is 2.84. The minimum atomic E-state index is -1.41. The van der Waals surface area contributed by atoms with Gasteiger partial charge in [0.15, 0.2) is 17.5 Å². The van der Waals surface area contributed by atoms with Crippen molar-refractivity contribution in [2.75, 3.05) is 0 Å². The van der Waals surface area contributed by atoms with E-state index >= 15 is 0 Å². The molecule has 0 aliphatic carbocycles. The fourth-order valence-corrected chi connectivity index (χ4v) is 1.71. The summed E-state index contributed by atoms with van der Waals surface area (Å²) in [5.74, 6) is -3.69. The van der Waals surface area contributed by atoms with E-state index in [9.17, 15) is 13.2 Å². The van der Waals surface area contributed by atoms with Crippen molar-refractivity contribution >= 4 is 0 Å². The molecule has 0 unspecified atom stereocenters. The first-order valence-electron chi connectivity index (χ1n) is 8.14. The zero-order valence-electron chi connectivity index (χ0n) is 14.2. The largest absolute Gasteiger partial charge is 0.204 e. The standard InChI is InChI=1S/C9H20.C7H5F3.C2H6/c1-3-5-7-9-8-6-4-2;1-4-2-5(8)7(10)6(9)3-4;1-2/h3-9H2,1-2H3;2-3H,1H3;1-2H3. The van der Waals surface area contributed by atoms with Crippen molar-refractivity contribution in [1.82, 2.24) is 0 Å². The summed E-state index contributed by atoms with van der Waals surface area (Å²) in [7, 11) is 0. The van der Waals surface area contributed by atoms with Crippen molar-refractivity contribution in [2.24, 2.45) is 0 Å². The Labute approximate surface area is 128 Å². The van der Waals surface area contributed by atoms with E-state index in [0.29, 0.717) is 5.56 Å². The van der Waals surface area contributed by atoms with Gasteiger partial charge in [0, 0.05) is 0 Å². The zero-order valence-corrected chi connectivity index (χ0v) is 14.2. The summed E-state index contributed by atoms with van der Waals surface area (Å²) in [6, 6.07) is 1.89. The van der Waals surface area contributed by atoms with Gasteiger partial charge in [0.25, 0.3) is 0 Å². The molecule has 0 amide bonds. The SMILES string of the molecule is CC.CCCCCCCCC.Cc1cc(F)c(F)c(F)c1. The molecule has 1 aromatic carbocycles. The third-order valence-electron chi connectivity index (χ3n) is 2.84. The van der Waals surface area contributed by atoms with Crippen LogP contribution >= 0.6 is 0 Å². The average molecular weight is 304 g/mol. The Morgan fingerprint density at radius 1 is 0.714 bits per heavy atom. The van der Waals surface area contributed by atoms with Crippen molar-refractivity contribution in [3.63, 3.8) is 0 Å². The summed E-state index contributed by atoms with van der Waals surface area (Å²) >= 11 is 0. The maximum Gasteiger partial charge on any atom is 0.194 e. The summed E-state index contributed by atoms with van der Waals surface area (Å²) in [6.45, 7) is 10.0. The van der Waals surface area contributed by atoms with Gasteiger partial charge in [-0.05, 0) is 24.6 Å². The molecule has 0 bridgehead atoms. The first kappa shape index (κ1) is 22.3. The van der Waals surface area contributed by atoms with Gasteiger partial charge in [-0.2, -0.15) is 0 Å². The van der Waals surface area contributed by atoms with E-state index in [1.807, 2.05) is 13.8 Å². The number of halogens is 3. The van der Waals surface area contributed by atoms with Gasteiger partial charge in [-0.1, -0.05) is 72.6 Å². The molecule has 0 N–H and O–H groups in total. The molecule has 0 spiro atoms. The van der Waals surface area contributed by atoms with E-state index in [-0.39, 0.29) is 0 Å². The van der Waals surface area contributed by atoms with E-state index in [4.69, 9.17) is 0 Å². The molecular formula is C18H31F3. The molecule has 21 heavy (non-hydrogen) atoms. The van der Waals surface area contributed by atoms with Gasteiger partial charge >= 0.3 is 0 Å². The van der Waals surface area contributed by atoms with E-state index < -0.39 is 17.5 Å². The molecule has 0 aromatic heterocycles. The minimum Gasteiger partial charge on any atom is -0.204 e. The predicted molar refractivity (Wildman–Crippen MR) is 86.1 cm³/mol. The fourth-order valence-electron chi connectivity index (χ4n) is 1.71. The highest BCUT2D eigenvalue weighted by molar-refractivity contribution is 5.17. The van der Waals surface area contributed by atoms with Crippen LogP contribution in [0.2, 0.25) is 0 Å². The number of aryl methyl sites for hydroxylation is 1. The van der Waals surface area contributed by atoms with Crippen molar-refractivity contribution in [1.29, 1.82) is 0 Å². The lowest BCUT2D eigenvalue weighted by Crippen LogP contribution is -1.90. The second kappa shape index (κ2) is 15.4. The van der Waals surface area contributed by atoms with Crippen LogP contribution in [0.25, 0.3) is 0 Å². The van der Waals surface area contributed by atoms with E-state index in [1.54, 1.807) is 0 Å². The first-order chi connectivity index (χ1) is 10.0. The molecule has 0 saturated heterocycles. The Morgan fingerprint density at radius 2 is 1.05 bits per heavy atom. The van der Waals surface area contributed by atoms with Gasteiger partial charge in [-0.25, -0.2) is 13.2 Å². The van der Waals surface area contributed by atoms with E-state index in [1.165, 1.54) is 51.9 Å². The maximum atomic E-state index is 12.2. The molecule has 124 valence electrons. The summed E-state index contributed by atoms with van der Waals surface area (Å²) in [5.41, 5.74) is 0.372. The smallest absolute Gasteiger partial charge is 0.194 e. The fraction of sp³-hybridized carbons (Fsp3) is 0.667. The Morgan fingerprint density at radius 3 is 1.38 bits per heavy atom. The van der Waals surface area contributed by atoms with Crippen LogP contribution in [0.3, 0.4) is 0 Å². The van der Waals surface area contributed by atoms with Crippen molar-refractivity contribution < 1.29 is 13.2 Å². The Balaban J connectivity index is 0. The van der Waals surface area contributed by atoms with Crippen LogP contribution in [0, 0.1) is 24.4 Å². The van der Waals surface area contributed by atoms with Gasteiger partial charge in [0.05, 0.1) is 0 Å². The third kappa shape index (κ3) is 12.5. The van der Waals surface area contributed by atoms with E-state index in [2.05, 4.69) is 13.8 Å². The molecule has 0 radical (unpaired) electrons. The lowest BCUT2D eigenvalue weighted by atomic mass is 10.1. The molecule has 0 nitrogen and oxygen atoms in total. The molecule has 1 rings (SSSR count). The Kier molecular flexibility index (Phi) is 16.3. The molecule has 0 heterocycles. The summed E-state index contributed by atoms with van der Waals surface area (Å²) < 4.78 is 36.6. The molecule has 0 aliphatic heterocycles. The van der Waals surface area contributed by atoms with Gasteiger partial charge in [-0.15, -0.1) is 0 Å². The van der Waals surface area contributed by atoms with Crippen LogP contribution in [0.15, 0.2) is 12.1 Å². The molecule has 0 aliphatic rings. The highest BCUT2D eigenvalue weighted by Gasteiger charge is 2.07. The van der Waals surface area contributed by atoms with Crippen LogP contribution < -0.4 is 0 Å². The second-order valence-electron chi connectivity index (χ2n) is 4.81. The Bertz CT molecular complexity index is 319. The van der Waals surface area contributed by atoms with Crippen LogP contribution in [0.1, 0.15) is 78.2 Å². The average Bonchev–Trinajstić information content (AvgIpc) is 2.47. The molecule has 3 heteroatoms. The summed E-state index contributed by atoms with van der Waals surface area (Å²) in [5, 5.41) is 0. The van der Waals surface area contributed by atoms with Gasteiger partial charge in [0.1, 0.15) is 0 Å². The molecule has 1 aromatic rings. The Hall–Kier alpha value is -0.990. The number of unbranched alkanes of at least 4 members (excludes halogenated alkanes) is 6. The van der Waals surface area contributed by atoms with Gasteiger partial charge in [0.2, 0.25) is 0 Å². The minimum absolute atomic E-state index is 0.372. The molecule has 0 atom stereocenters. The number of rotatable bonds is 6. The zero-order chi connectivity index (χ0) is 16.7. The highest BCUT2D eigenvalue weighted by atomic mass is 19.2. The number of benzene rings is 1. The van der Waals surface area contributed by atoms with Crippen LogP contribution in [-0.4, -0.2) is 0 Å². The van der Waals surface area contributed by atoms with Crippen molar-refractivity contribution in [3.05, 3.63) is 35.1 Å². The summed E-state index contributed by atoms with van der Waals surface area (Å²) in [6.07, 6.45) is 9.97. The molecule has 0 fully saturated rings. The lowest BCUT2D eigenvalue weighted by Gasteiger charge is -1.96. The second-order valence-corrected chi connectivity index (χ2v) is 4.81. The number of hydrogen-bond donors (Lipinski definition) is 0. The quantitative estimate of drug-likeness (QED) is 0.385.